The molecule has 0 amide bonds. The Morgan fingerprint density at radius 3 is 1.52 bits per heavy atom. The number of carbonyl (C=O) groups is 2. The molecule has 0 spiro atoms. The number of aliphatic carboxylic acids is 1. The molecule has 0 aromatic rings. The van der Waals surface area contributed by atoms with Crippen molar-refractivity contribution in [3.8, 4) is 0 Å². The van der Waals surface area contributed by atoms with Crippen molar-refractivity contribution in [3.05, 3.63) is 0 Å². The molecule has 0 aliphatic heterocycles. The molecule has 27 heavy (non-hydrogen) atoms. The Morgan fingerprint density at radius 1 is 0.667 bits per heavy atom. The van der Waals surface area contributed by atoms with Crippen LogP contribution in [0.15, 0.2) is 0 Å². The Hall–Kier alpha value is -0.940. The normalized spacial score (nSPS) is 14.7. The summed E-state index contributed by atoms with van der Waals surface area (Å²) in [5.74, 6) is -3.59. The molecule has 0 saturated heterocycles. The predicted octanol–water partition coefficient (Wildman–Crippen LogP) is 4.87. The molecule has 0 radical (unpaired) electrons. The number of aliphatic hydroxyl groups excluding tert-OH is 2. The van der Waals surface area contributed by atoms with Crippen LogP contribution in [-0.2, 0) is 9.59 Å². The first-order valence-corrected chi connectivity index (χ1v) is 11.1. The largest absolute Gasteiger partial charge is 0.481 e. The number of aliphatic hydroxyl groups is 2. The maximum Gasteiger partial charge on any atom is 0.316 e. The maximum absolute atomic E-state index is 12.3. The number of hydrogen-bond acceptors (Lipinski definition) is 4. The van der Waals surface area contributed by atoms with E-state index in [1.54, 1.807) is 0 Å². The van der Waals surface area contributed by atoms with E-state index in [9.17, 15) is 24.9 Å². The number of carboxylic acids is 1. The zero-order valence-corrected chi connectivity index (χ0v) is 17.5. The quantitative estimate of drug-likeness (QED) is 0.217. The maximum atomic E-state index is 12.3. The molecule has 0 fully saturated rings. The van der Waals surface area contributed by atoms with Crippen LogP contribution in [0.2, 0.25) is 0 Å². The number of Topliss-reactive ketones (excluding diaryl/α,β-unsaturated/α-hetero) is 1. The standard InChI is InChI=1S/C22H42O5/c1-3-5-7-9-11-13-14-16-18(23)20(22(26)27)21(25)19(24)17-15-12-10-8-6-4-2/h18-20,23-24H,3-17H2,1-2H3,(H,26,27). The second kappa shape index (κ2) is 17.2. The third-order valence-electron chi connectivity index (χ3n) is 5.22. The van der Waals surface area contributed by atoms with Gasteiger partial charge in [-0.3, -0.25) is 9.59 Å². The molecule has 0 aliphatic rings. The summed E-state index contributed by atoms with van der Waals surface area (Å²) in [7, 11) is 0. The van der Waals surface area contributed by atoms with Gasteiger partial charge >= 0.3 is 5.97 Å². The van der Waals surface area contributed by atoms with Crippen LogP contribution in [0.4, 0.5) is 0 Å². The van der Waals surface area contributed by atoms with Crippen LogP contribution in [0.5, 0.6) is 0 Å². The first-order chi connectivity index (χ1) is 13.0. The van der Waals surface area contributed by atoms with Gasteiger partial charge in [0.25, 0.3) is 0 Å². The lowest BCUT2D eigenvalue weighted by molar-refractivity contribution is -0.154. The highest BCUT2D eigenvalue weighted by Gasteiger charge is 2.36. The van der Waals surface area contributed by atoms with Crippen molar-refractivity contribution in [1.82, 2.24) is 0 Å². The minimum atomic E-state index is -1.51. The van der Waals surface area contributed by atoms with Gasteiger partial charge in [0.15, 0.2) is 5.78 Å². The summed E-state index contributed by atoms with van der Waals surface area (Å²) in [6.45, 7) is 4.31. The van der Waals surface area contributed by atoms with Gasteiger partial charge in [-0.1, -0.05) is 97.3 Å². The SMILES string of the molecule is CCCCCCCCCC(O)C(C(=O)O)C(=O)C(O)CCCCCCCC. The topological polar surface area (TPSA) is 94.8 Å². The van der Waals surface area contributed by atoms with Crippen molar-refractivity contribution in [2.45, 2.75) is 122 Å². The van der Waals surface area contributed by atoms with Crippen molar-refractivity contribution < 1.29 is 24.9 Å². The Labute approximate surface area is 165 Å². The molecule has 0 rings (SSSR count). The summed E-state index contributed by atoms with van der Waals surface area (Å²) in [6, 6.07) is 0. The number of hydrogen-bond donors (Lipinski definition) is 3. The lowest BCUT2D eigenvalue weighted by Crippen LogP contribution is -2.41. The fourth-order valence-corrected chi connectivity index (χ4v) is 3.42. The van der Waals surface area contributed by atoms with Crippen LogP contribution >= 0.6 is 0 Å². The van der Waals surface area contributed by atoms with Gasteiger partial charge in [0.05, 0.1) is 6.10 Å². The third kappa shape index (κ3) is 13.0. The molecule has 3 atom stereocenters. The molecule has 0 heterocycles. The molecule has 0 bridgehead atoms. The highest BCUT2D eigenvalue weighted by Crippen LogP contribution is 2.19. The average Bonchev–Trinajstić information content (AvgIpc) is 2.63. The van der Waals surface area contributed by atoms with Crippen LogP contribution in [0.25, 0.3) is 0 Å². The van der Waals surface area contributed by atoms with Gasteiger partial charge in [-0.2, -0.15) is 0 Å². The molecule has 0 saturated carbocycles. The van der Waals surface area contributed by atoms with E-state index in [0.29, 0.717) is 19.3 Å². The summed E-state index contributed by atoms with van der Waals surface area (Å²) in [5, 5.41) is 29.6. The van der Waals surface area contributed by atoms with E-state index < -0.39 is 29.9 Å². The second-order valence-corrected chi connectivity index (χ2v) is 7.77. The van der Waals surface area contributed by atoms with Crippen LogP contribution in [-0.4, -0.2) is 39.3 Å². The van der Waals surface area contributed by atoms with E-state index >= 15 is 0 Å². The van der Waals surface area contributed by atoms with Crippen LogP contribution < -0.4 is 0 Å². The molecule has 0 aliphatic carbocycles. The number of unbranched alkanes of at least 4 members (excludes halogenated alkanes) is 11. The van der Waals surface area contributed by atoms with Gasteiger partial charge in [-0.05, 0) is 12.8 Å². The minimum absolute atomic E-state index is 0.277. The summed E-state index contributed by atoms with van der Waals surface area (Å²) in [6.07, 6.45) is 11.8. The van der Waals surface area contributed by atoms with Crippen LogP contribution in [0, 0.1) is 5.92 Å². The van der Waals surface area contributed by atoms with Gasteiger partial charge in [0, 0.05) is 0 Å². The zero-order chi connectivity index (χ0) is 20.5. The first-order valence-electron chi connectivity index (χ1n) is 11.1. The molecule has 3 N–H and O–H groups in total. The van der Waals surface area contributed by atoms with Crippen LogP contribution in [0.1, 0.15) is 110 Å². The average molecular weight is 387 g/mol. The molecule has 5 nitrogen and oxygen atoms in total. The summed E-state index contributed by atoms with van der Waals surface area (Å²) in [5.41, 5.74) is 0. The van der Waals surface area contributed by atoms with Crippen molar-refractivity contribution in [1.29, 1.82) is 0 Å². The third-order valence-corrected chi connectivity index (χ3v) is 5.22. The lowest BCUT2D eigenvalue weighted by Gasteiger charge is -2.21. The summed E-state index contributed by atoms with van der Waals surface area (Å²) in [4.78, 5) is 23.8. The van der Waals surface area contributed by atoms with Gasteiger partial charge in [0.2, 0.25) is 0 Å². The highest BCUT2D eigenvalue weighted by molar-refractivity contribution is 6.01. The summed E-state index contributed by atoms with van der Waals surface area (Å²) >= 11 is 0. The Kier molecular flexibility index (Phi) is 16.6. The Bertz CT molecular complexity index is 383. The van der Waals surface area contributed by atoms with Crippen LogP contribution in [0.3, 0.4) is 0 Å². The lowest BCUT2D eigenvalue weighted by atomic mass is 9.89. The molecule has 3 unspecified atom stereocenters. The number of rotatable bonds is 19. The van der Waals surface area contributed by atoms with Crippen molar-refractivity contribution in [3.63, 3.8) is 0 Å². The number of carbonyl (C=O) groups excluding carboxylic acids is 1. The van der Waals surface area contributed by atoms with Gasteiger partial charge in [-0.25, -0.2) is 0 Å². The van der Waals surface area contributed by atoms with E-state index in [-0.39, 0.29) is 6.42 Å². The Morgan fingerprint density at radius 2 is 1.07 bits per heavy atom. The molecular weight excluding hydrogens is 344 g/mol. The Balaban J connectivity index is 4.18. The van der Waals surface area contributed by atoms with Gasteiger partial charge in [-0.15, -0.1) is 0 Å². The molecule has 0 aromatic carbocycles. The molecular formula is C22H42O5. The van der Waals surface area contributed by atoms with E-state index in [1.807, 2.05) is 0 Å². The number of carboxylic acid groups (broad SMARTS) is 1. The first kappa shape index (κ1) is 26.1. The smallest absolute Gasteiger partial charge is 0.316 e. The predicted molar refractivity (Wildman–Crippen MR) is 109 cm³/mol. The fourth-order valence-electron chi connectivity index (χ4n) is 3.42. The van der Waals surface area contributed by atoms with Gasteiger partial charge < -0.3 is 15.3 Å². The zero-order valence-electron chi connectivity index (χ0n) is 17.5. The number of ketones is 1. The molecule has 160 valence electrons. The minimum Gasteiger partial charge on any atom is -0.481 e. The van der Waals surface area contributed by atoms with E-state index in [2.05, 4.69) is 13.8 Å². The summed E-state index contributed by atoms with van der Waals surface area (Å²) < 4.78 is 0. The highest BCUT2D eigenvalue weighted by atomic mass is 16.4. The molecule has 0 aromatic heterocycles. The van der Waals surface area contributed by atoms with E-state index in [0.717, 1.165) is 44.9 Å². The van der Waals surface area contributed by atoms with Crippen molar-refractivity contribution in [2.75, 3.05) is 0 Å². The molecule has 5 heteroatoms. The van der Waals surface area contributed by atoms with Crippen molar-refractivity contribution >= 4 is 11.8 Å². The van der Waals surface area contributed by atoms with E-state index in [4.69, 9.17) is 0 Å². The van der Waals surface area contributed by atoms with E-state index in [1.165, 1.54) is 25.7 Å². The van der Waals surface area contributed by atoms with Gasteiger partial charge in [0.1, 0.15) is 12.0 Å². The second-order valence-electron chi connectivity index (χ2n) is 7.77. The fraction of sp³-hybridized carbons (Fsp3) is 0.909. The van der Waals surface area contributed by atoms with Crippen molar-refractivity contribution in [2.24, 2.45) is 5.92 Å². The monoisotopic (exact) mass is 386 g/mol.